The lowest BCUT2D eigenvalue weighted by Gasteiger charge is -2.31. The van der Waals surface area contributed by atoms with Crippen molar-refractivity contribution < 1.29 is 4.79 Å². The van der Waals surface area contributed by atoms with Crippen LogP contribution in [0.25, 0.3) is 0 Å². The third-order valence-corrected chi connectivity index (χ3v) is 4.49. The Morgan fingerprint density at radius 3 is 2.81 bits per heavy atom. The first-order valence-corrected chi connectivity index (χ1v) is 8.13. The molecular formula is C17H25N3O. The van der Waals surface area contributed by atoms with Gasteiger partial charge in [0.15, 0.2) is 0 Å². The molecule has 0 spiro atoms. The van der Waals surface area contributed by atoms with Gasteiger partial charge in [-0.1, -0.05) is 19.1 Å². The lowest BCUT2D eigenvalue weighted by molar-refractivity contribution is -0.118. The van der Waals surface area contributed by atoms with E-state index in [1.165, 1.54) is 11.1 Å². The smallest absolute Gasteiger partial charge is 0.226 e. The number of anilines is 1. The first-order valence-electron chi connectivity index (χ1n) is 8.13. The van der Waals surface area contributed by atoms with Crippen molar-refractivity contribution in [2.45, 2.75) is 32.7 Å². The van der Waals surface area contributed by atoms with Gasteiger partial charge in [-0.3, -0.25) is 9.69 Å². The van der Waals surface area contributed by atoms with Crippen LogP contribution in [-0.2, 0) is 17.8 Å². The highest BCUT2D eigenvalue weighted by molar-refractivity contribution is 5.94. The molecule has 114 valence electrons. The Kier molecular flexibility index (Phi) is 4.56. The van der Waals surface area contributed by atoms with Crippen LogP contribution in [0.5, 0.6) is 0 Å². The Labute approximate surface area is 127 Å². The summed E-state index contributed by atoms with van der Waals surface area (Å²) in [4.78, 5) is 16.6. The van der Waals surface area contributed by atoms with Gasteiger partial charge >= 0.3 is 0 Å². The van der Waals surface area contributed by atoms with Gasteiger partial charge in [-0.2, -0.15) is 0 Å². The number of carbonyl (C=O) groups excluding carboxylic acids is 1. The molecule has 0 unspecified atom stereocenters. The number of piperazine rings is 1. The van der Waals surface area contributed by atoms with Crippen LogP contribution in [0.1, 0.15) is 30.9 Å². The molecule has 21 heavy (non-hydrogen) atoms. The quantitative estimate of drug-likeness (QED) is 0.920. The second-order valence-electron chi connectivity index (χ2n) is 5.99. The second kappa shape index (κ2) is 6.58. The van der Waals surface area contributed by atoms with E-state index in [4.69, 9.17) is 0 Å². The average molecular weight is 287 g/mol. The van der Waals surface area contributed by atoms with Crippen molar-refractivity contribution in [1.29, 1.82) is 0 Å². The summed E-state index contributed by atoms with van der Waals surface area (Å²) in [6.45, 7) is 8.17. The third kappa shape index (κ3) is 3.27. The zero-order valence-corrected chi connectivity index (χ0v) is 12.9. The maximum Gasteiger partial charge on any atom is 0.226 e. The topological polar surface area (TPSA) is 35.6 Å². The van der Waals surface area contributed by atoms with Gasteiger partial charge in [0.2, 0.25) is 5.91 Å². The largest absolute Gasteiger partial charge is 0.314 e. The molecule has 0 radical (unpaired) electrons. The van der Waals surface area contributed by atoms with Crippen molar-refractivity contribution in [3.63, 3.8) is 0 Å². The summed E-state index contributed by atoms with van der Waals surface area (Å²) >= 11 is 0. The van der Waals surface area contributed by atoms with Gasteiger partial charge in [-0.15, -0.1) is 0 Å². The van der Waals surface area contributed by atoms with Gasteiger partial charge < -0.3 is 10.2 Å². The molecular weight excluding hydrogens is 262 g/mol. The number of nitrogens with zero attached hydrogens (tertiary/aromatic N) is 2. The zero-order valence-electron chi connectivity index (χ0n) is 12.9. The van der Waals surface area contributed by atoms with Crippen molar-refractivity contribution in [3.05, 3.63) is 29.3 Å². The van der Waals surface area contributed by atoms with E-state index in [0.717, 1.165) is 57.8 Å². The highest BCUT2D eigenvalue weighted by atomic mass is 16.2. The van der Waals surface area contributed by atoms with Crippen LogP contribution in [0.3, 0.4) is 0 Å². The van der Waals surface area contributed by atoms with Crippen LogP contribution in [0, 0.1) is 0 Å². The summed E-state index contributed by atoms with van der Waals surface area (Å²) in [6.07, 6.45) is 2.76. The fourth-order valence-electron chi connectivity index (χ4n) is 3.30. The monoisotopic (exact) mass is 287 g/mol. The Balaban J connectivity index is 1.79. The maximum atomic E-state index is 12.1. The summed E-state index contributed by atoms with van der Waals surface area (Å²) in [5, 5.41) is 3.39. The van der Waals surface area contributed by atoms with Crippen LogP contribution < -0.4 is 10.2 Å². The van der Waals surface area contributed by atoms with Gasteiger partial charge in [-0.05, 0) is 30.0 Å². The number of amides is 1. The van der Waals surface area contributed by atoms with E-state index in [-0.39, 0.29) is 5.91 Å². The highest BCUT2D eigenvalue weighted by Crippen LogP contribution is 2.29. The number of carbonyl (C=O) groups is 1. The Bertz CT molecular complexity index is 509. The van der Waals surface area contributed by atoms with E-state index in [0.29, 0.717) is 6.42 Å². The average Bonchev–Trinajstić information content (AvgIpc) is 2.54. The number of rotatable bonds is 3. The summed E-state index contributed by atoms with van der Waals surface area (Å²) in [5.41, 5.74) is 3.80. The van der Waals surface area contributed by atoms with Crippen LogP contribution in [0.2, 0.25) is 0 Å². The van der Waals surface area contributed by atoms with E-state index in [9.17, 15) is 4.79 Å². The molecule has 4 heteroatoms. The number of nitrogens with one attached hydrogen (secondary N) is 1. The molecule has 0 bridgehead atoms. The molecule has 0 aliphatic carbocycles. The van der Waals surface area contributed by atoms with Gasteiger partial charge in [0.1, 0.15) is 0 Å². The molecule has 2 heterocycles. The molecule has 1 N–H and O–H groups in total. The normalized spacial score (nSPS) is 19.4. The molecule has 0 atom stereocenters. The molecule has 1 saturated heterocycles. The zero-order chi connectivity index (χ0) is 14.7. The van der Waals surface area contributed by atoms with Crippen molar-refractivity contribution in [2.24, 2.45) is 0 Å². The minimum atomic E-state index is 0.246. The van der Waals surface area contributed by atoms with Gasteiger partial charge in [0.25, 0.3) is 0 Å². The van der Waals surface area contributed by atoms with Crippen molar-refractivity contribution >= 4 is 11.6 Å². The first kappa shape index (κ1) is 14.5. The Hall–Kier alpha value is -1.39. The fourth-order valence-corrected chi connectivity index (χ4v) is 3.30. The van der Waals surface area contributed by atoms with E-state index < -0.39 is 0 Å². The van der Waals surface area contributed by atoms with Crippen molar-refractivity contribution in [1.82, 2.24) is 10.2 Å². The summed E-state index contributed by atoms with van der Waals surface area (Å²) in [5.74, 6) is 0.246. The molecule has 1 aromatic rings. The van der Waals surface area contributed by atoms with Crippen molar-refractivity contribution in [3.8, 4) is 0 Å². The highest BCUT2D eigenvalue weighted by Gasteiger charge is 2.22. The van der Waals surface area contributed by atoms with Crippen LogP contribution in [0.15, 0.2) is 18.2 Å². The van der Waals surface area contributed by atoms with E-state index in [1.54, 1.807) is 0 Å². The molecule has 2 aliphatic heterocycles. The molecule has 0 aromatic heterocycles. The van der Waals surface area contributed by atoms with Gasteiger partial charge in [0.05, 0.1) is 0 Å². The molecule has 3 rings (SSSR count). The lowest BCUT2D eigenvalue weighted by Crippen LogP contribution is -2.43. The predicted molar refractivity (Wildman–Crippen MR) is 85.6 cm³/mol. The number of benzene rings is 1. The lowest BCUT2D eigenvalue weighted by atomic mass is 9.99. The summed E-state index contributed by atoms with van der Waals surface area (Å²) < 4.78 is 0. The van der Waals surface area contributed by atoms with Crippen molar-refractivity contribution in [2.75, 3.05) is 37.6 Å². The number of hydrogen-bond donors (Lipinski definition) is 1. The standard InChI is InChI=1S/C17H25N3O/c1-2-17(21)20-9-3-4-15-6-5-14(12-16(15)20)13-19-10-7-18-8-11-19/h5-6,12,18H,2-4,7-11,13H2,1H3. The predicted octanol–water partition coefficient (Wildman–Crippen LogP) is 1.78. The molecule has 1 aromatic carbocycles. The number of aryl methyl sites for hydroxylation is 1. The minimum Gasteiger partial charge on any atom is -0.314 e. The second-order valence-corrected chi connectivity index (χ2v) is 5.99. The van der Waals surface area contributed by atoms with E-state index in [1.807, 2.05) is 11.8 Å². The maximum absolute atomic E-state index is 12.1. The van der Waals surface area contributed by atoms with Crippen LogP contribution >= 0.6 is 0 Å². The Morgan fingerprint density at radius 2 is 2.05 bits per heavy atom. The Morgan fingerprint density at radius 1 is 1.24 bits per heavy atom. The number of fused-ring (bicyclic) bond motifs is 1. The van der Waals surface area contributed by atoms with Crippen LogP contribution in [0.4, 0.5) is 5.69 Å². The van der Waals surface area contributed by atoms with Gasteiger partial charge in [-0.25, -0.2) is 0 Å². The molecule has 0 saturated carbocycles. The third-order valence-electron chi connectivity index (χ3n) is 4.49. The van der Waals surface area contributed by atoms with Crippen LogP contribution in [-0.4, -0.2) is 43.5 Å². The van der Waals surface area contributed by atoms with Gasteiger partial charge in [0, 0.05) is 51.4 Å². The summed E-state index contributed by atoms with van der Waals surface area (Å²) in [6, 6.07) is 6.70. The fraction of sp³-hybridized carbons (Fsp3) is 0.588. The summed E-state index contributed by atoms with van der Waals surface area (Å²) in [7, 11) is 0. The number of hydrogen-bond acceptors (Lipinski definition) is 3. The minimum absolute atomic E-state index is 0.246. The first-order chi connectivity index (χ1) is 10.3. The molecule has 1 fully saturated rings. The van der Waals surface area contributed by atoms with E-state index >= 15 is 0 Å². The molecule has 2 aliphatic rings. The SMILES string of the molecule is CCC(=O)N1CCCc2ccc(CN3CCNCC3)cc21. The molecule has 4 nitrogen and oxygen atoms in total. The molecule has 1 amide bonds. The van der Waals surface area contributed by atoms with E-state index in [2.05, 4.69) is 28.4 Å².